The van der Waals surface area contributed by atoms with Gasteiger partial charge in [-0.3, -0.25) is 0 Å². The van der Waals surface area contributed by atoms with Crippen LogP contribution < -0.4 is 37.7 Å². The Morgan fingerprint density at radius 1 is 0.500 bits per heavy atom. The van der Waals surface area contributed by atoms with Gasteiger partial charge in [-0.1, -0.05) is 97.0 Å². The second kappa shape index (κ2) is 15.0. The summed E-state index contributed by atoms with van der Waals surface area (Å²) in [6, 6.07) is 13.0. The van der Waals surface area contributed by atoms with Crippen molar-refractivity contribution in [3.63, 3.8) is 0 Å². The number of benzene rings is 2. The second-order valence-corrected chi connectivity index (χ2v) is 20.2. The Kier molecular flexibility index (Phi) is 13.7. The first-order valence-corrected chi connectivity index (χ1v) is 20.1. The van der Waals surface area contributed by atoms with Crippen molar-refractivity contribution in [2.45, 2.75) is 81.6 Å². The molecule has 0 spiro atoms. The molecule has 4 rings (SSSR count). The van der Waals surface area contributed by atoms with Crippen LogP contribution in [0.4, 0.5) is 20.2 Å². The van der Waals surface area contributed by atoms with Gasteiger partial charge in [0.2, 0.25) is 0 Å². The van der Waals surface area contributed by atoms with Crippen molar-refractivity contribution in [3.8, 4) is 0 Å². The minimum Gasteiger partial charge on any atom is -0.684 e. The molecule has 0 fully saturated rings. The molecule has 0 N–H and O–H groups in total. The molecule has 0 aliphatic heterocycles. The van der Waals surface area contributed by atoms with E-state index in [2.05, 4.69) is 81.6 Å². The molecule has 0 heterocycles. The van der Waals surface area contributed by atoms with Gasteiger partial charge in [-0.2, -0.15) is 0 Å². The molecule has 2 unspecified atom stereocenters. The van der Waals surface area contributed by atoms with Gasteiger partial charge in [0.25, 0.3) is 0 Å². The fraction of sp³-hybridized carbons (Fsp3) is 0.412. The molecule has 2 aliphatic rings. The van der Waals surface area contributed by atoms with Crippen LogP contribution in [0.5, 0.6) is 0 Å². The zero-order chi connectivity index (χ0) is 30.2. The molecule has 2 atom stereocenters. The number of allylic oxidation sites excluding steroid dienone is 8. The quantitative estimate of drug-likeness (QED) is 0.383. The van der Waals surface area contributed by atoms with Crippen LogP contribution in [-0.4, -0.2) is 16.5 Å². The van der Waals surface area contributed by atoms with E-state index < -0.39 is 16.5 Å². The predicted molar refractivity (Wildman–Crippen MR) is 174 cm³/mol. The standard InChI is InChI=1S/2C17H23FNSi.2Li/c2*1-11-12(2)14(4)17(13(11)3)20(5,6)19-16-9-7-15(18)8-10-16;;/h2*7-10,13H,1-6H3;;/q2*-1;2*+1. The maximum absolute atomic E-state index is 13.0. The third-order valence-corrected chi connectivity index (χ3v) is 15.0. The Hall–Kier alpha value is -1.51. The summed E-state index contributed by atoms with van der Waals surface area (Å²) in [6.07, 6.45) is 0. The van der Waals surface area contributed by atoms with E-state index in [-0.39, 0.29) is 49.4 Å². The van der Waals surface area contributed by atoms with E-state index in [4.69, 9.17) is 9.96 Å². The first-order valence-electron chi connectivity index (χ1n) is 14.2. The largest absolute Gasteiger partial charge is 1.00 e. The van der Waals surface area contributed by atoms with Crippen LogP contribution in [0.1, 0.15) is 55.4 Å². The molecule has 216 valence electrons. The van der Waals surface area contributed by atoms with E-state index in [9.17, 15) is 8.78 Å². The number of hydrogen-bond donors (Lipinski definition) is 0. The van der Waals surface area contributed by atoms with E-state index in [1.54, 1.807) is 24.3 Å². The van der Waals surface area contributed by atoms with E-state index in [1.807, 2.05) is 0 Å². The number of halogens is 2. The first-order chi connectivity index (χ1) is 18.5. The van der Waals surface area contributed by atoms with Gasteiger partial charge in [-0.05, 0) is 105 Å². The Balaban J connectivity index is 0.000000401. The first kappa shape index (κ1) is 38.5. The molecule has 2 aliphatic carbocycles. The van der Waals surface area contributed by atoms with Crippen molar-refractivity contribution in [3.05, 3.63) is 114 Å². The summed E-state index contributed by atoms with van der Waals surface area (Å²) in [7, 11) is -3.80. The summed E-state index contributed by atoms with van der Waals surface area (Å²) >= 11 is 0. The molecule has 8 heteroatoms. The minimum absolute atomic E-state index is 0. The van der Waals surface area contributed by atoms with Crippen LogP contribution in [0.25, 0.3) is 9.96 Å². The third kappa shape index (κ3) is 8.35. The molecule has 0 saturated heterocycles. The Morgan fingerprint density at radius 2 is 0.762 bits per heavy atom. The fourth-order valence-electron chi connectivity index (χ4n) is 6.50. The number of nitrogens with zero attached hydrogens (tertiary/aromatic N) is 2. The molecular weight excluding hydrogens is 544 g/mol. The average Bonchev–Trinajstić information content (AvgIpc) is 3.20. The molecule has 0 amide bonds. The molecule has 0 bridgehead atoms. The van der Waals surface area contributed by atoms with Crippen LogP contribution in [0.2, 0.25) is 26.2 Å². The van der Waals surface area contributed by atoms with Crippen LogP contribution in [0.15, 0.2) is 92.4 Å². The van der Waals surface area contributed by atoms with Crippen molar-refractivity contribution in [2.75, 3.05) is 0 Å². The third-order valence-electron chi connectivity index (χ3n) is 9.07. The summed E-state index contributed by atoms with van der Waals surface area (Å²) < 4.78 is 26.0. The van der Waals surface area contributed by atoms with Gasteiger partial charge in [0.1, 0.15) is 11.6 Å². The molecule has 2 aromatic carbocycles. The molecular formula is C34H46F2Li2N2Si2. The van der Waals surface area contributed by atoms with Gasteiger partial charge in [0, 0.05) is 0 Å². The molecule has 2 aromatic rings. The number of rotatable bonds is 6. The summed E-state index contributed by atoms with van der Waals surface area (Å²) in [5, 5.41) is 3.02. The second-order valence-electron chi connectivity index (χ2n) is 12.4. The van der Waals surface area contributed by atoms with Gasteiger partial charge in [0.15, 0.2) is 0 Å². The van der Waals surface area contributed by atoms with E-state index in [0.717, 1.165) is 11.4 Å². The summed E-state index contributed by atoms with van der Waals surface area (Å²) in [4.78, 5) is 9.94. The SMILES string of the molecule is CC1=C(C)C(C)C([Si](C)(C)[N-]c2ccc(F)cc2)=C1C.CC1=C(C)C(C)C([Si](C)(C)[N-]c2ccc(F)cc2)=C1C.[Li+].[Li+]. The van der Waals surface area contributed by atoms with Gasteiger partial charge in [-0.25, -0.2) is 8.78 Å². The van der Waals surface area contributed by atoms with Gasteiger partial charge in [0.05, 0.1) is 0 Å². The summed E-state index contributed by atoms with van der Waals surface area (Å²) in [6.45, 7) is 26.9. The van der Waals surface area contributed by atoms with Crippen molar-refractivity contribution < 1.29 is 46.5 Å². The Bertz CT molecular complexity index is 1280. The fourth-order valence-corrected chi connectivity index (χ4v) is 13.1. The maximum Gasteiger partial charge on any atom is 1.00 e. The van der Waals surface area contributed by atoms with Gasteiger partial charge in [-0.15, -0.1) is 11.4 Å². The van der Waals surface area contributed by atoms with Crippen molar-refractivity contribution >= 4 is 27.8 Å². The molecule has 0 saturated carbocycles. The summed E-state index contributed by atoms with van der Waals surface area (Å²) in [5.74, 6) is 0.560. The van der Waals surface area contributed by atoms with E-state index in [0.29, 0.717) is 11.8 Å². The Labute approximate surface area is 280 Å². The van der Waals surface area contributed by atoms with Crippen LogP contribution in [-0.2, 0) is 0 Å². The molecule has 42 heavy (non-hydrogen) atoms. The van der Waals surface area contributed by atoms with Crippen molar-refractivity contribution in [2.24, 2.45) is 11.8 Å². The number of hydrogen-bond acceptors (Lipinski definition) is 0. The molecule has 2 nitrogen and oxygen atoms in total. The van der Waals surface area contributed by atoms with Crippen LogP contribution in [0.3, 0.4) is 0 Å². The van der Waals surface area contributed by atoms with E-state index >= 15 is 0 Å². The topological polar surface area (TPSA) is 28.2 Å². The van der Waals surface area contributed by atoms with Crippen molar-refractivity contribution in [1.29, 1.82) is 0 Å². The smallest absolute Gasteiger partial charge is 0.684 e. The zero-order valence-corrected chi connectivity index (χ0v) is 30.4. The molecule has 0 radical (unpaired) electrons. The maximum atomic E-state index is 13.0. The Morgan fingerprint density at radius 3 is 0.976 bits per heavy atom. The molecule has 0 aromatic heterocycles. The monoisotopic (exact) mass is 590 g/mol. The average molecular weight is 591 g/mol. The van der Waals surface area contributed by atoms with Crippen LogP contribution in [0, 0.1) is 23.5 Å². The van der Waals surface area contributed by atoms with Gasteiger partial charge >= 0.3 is 37.7 Å². The van der Waals surface area contributed by atoms with Crippen molar-refractivity contribution in [1.82, 2.24) is 0 Å². The normalized spacial score (nSPS) is 18.9. The van der Waals surface area contributed by atoms with Crippen LogP contribution >= 0.6 is 0 Å². The minimum atomic E-state index is -1.90. The van der Waals surface area contributed by atoms with E-state index in [1.165, 1.54) is 68.1 Å². The summed E-state index contributed by atoms with van der Waals surface area (Å²) in [5.41, 5.74) is 10.4. The van der Waals surface area contributed by atoms with Gasteiger partial charge < -0.3 is 9.96 Å². The zero-order valence-electron chi connectivity index (χ0n) is 28.4. The predicted octanol–water partition coefficient (Wildman–Crippen LogP) is 5.76.